The molecule has 0 aliphatic carbocycles. The monoisotopic (exact) mass is 279 g/mol. The van der Waals surface area contributed by atoms with Crippen molar-refractivity contribution in [1.82, 2.24) is 15.2 Å². The van der Waals surface area contributed by atoms with Crippen molar-refractivity contribution in [3.63, 3.8) is 0 Å². The summed E-state index contributed by atoms with van der Waals surface area (Å²) in [7, 11) is 0. The van der Waals surface area contributed by atoms with Crippen LogP contribution in [0.5, 0.6) is 0 Å². The molecule has 0 radical (unpaired) electrons. The number of morpholine rings is 1. The molecule has 2 N–H and O–H groups in total. The second kappa shape index (κ2) is 6.33. The molecule has 1 fully saturated rings. The number of nitrogens with zero attached hydrogens (tertiary/aromatic N) is 1. The molecule has 0 saturated carbocycles. The maximum absolute atomic E-state index is 12.4. The first kappa shape index (κ1) is 14.3. The van der Waals surface area contributed by atoms with Crippen LogP contribution in [0.2, 0.25) is 0 Å². The van der Waals surface area contributed by atoms with E-state index in [0.717, 1.165) is 0 Å². The minimum absolute atomic E-state index is 0.181. The number of rotatable bonds is 3. The minimum Gasteiger partial charge on any atom is -0.377 e. The van der Waals surface area contributed by atoms with Crippen LogP contribution in [0, 0.1) is 0 Å². The number of hydrogen-bond donors (Lipinski definition) is 2. The Hall–Kier alpha value is -2.15. The fraction of sp³-hybridized carbons (Fsp3) is 0.462. The fourth-order valence-corrected chi connectivity index (χ4v) is 2.07. The first-order chi connectivity index (χ1) is 9.63. The van der Waals surface area contributed by atoms with Crippen molar-refractivity contribution in [1.29, 1.82) is 0 Å². The van der Waals surface area contributed by atoms with Gasteiger partial charge in [-0.05, 0) is 13.0 Å². The molecule has 1 unspecified atom stereocenters. The van der Waals surface area contributed by atoms with Gasteiger partial charge in [-0.3, -0.25) is 14.4 Å². The average molecular weight is 279 g/mol. The van der Waals surface area contributed by atoms with Gasteiger partial charge < -0.3 is 19.9 Å². The van der Waals surface area contributed by atoms with Crippen LogP contribution in [0.1, 0.15) is 17.3 Å². The lowest BCUT2D eigenvalue weighted by Gasteiger charge is -2.34. The lowest BCUT2D eigenvalue weighted by atomic mass is 10.1. The summed E-state index contributed by atoms with van der Waals surface area (Å²) in [5, 5.41) is 2.69. The maximum Gasteiger partial charge on any atom is 0.256 e. The first-order valence-corrected chi connectivity index (χ1v) is 6.48. The van der Waals surface area contributed by atoms with E-state index < -0.39 is 6.04 Å². The van der Waals surface area contributed by atoms with Gasteiger partial charge in [0.05, 0.1) is 18.8 Å². The normalized spacial score (nSPS) is 18.6. The van der Waals surface area contributed by atoms with E-state index in [1.165, 1.54) is 23.2 Å². The van der Waals surface area contributed by atoms with E-state index in [9.17, 15) is 14.4 Å². The van der Waals surface area contributed by atoms with Crippen LogP contribution in [0.3, 0.4) is 0 Å². The number of likely N-dealkylation sites (N-methyl/N-ethyl adjacent to an activating group) is 1. The quantitative estimate of drug-likeness (QED) is 0.769. The lowest BCUT2D eigenvalue weighted by Crippen LogP contribution is -2.55. The molecular formula is C13H17N3O4. The second-order valence-electron chi connectivity index (χ2n) is 4.43. The van der Waals surface area contributed by atoms with E-state index in [1.54, 1.807) is 0 Å². The summed E-state index contributed by atoms with van der Waals surface area (Å²) in [6, 6.07) is 2.10. The first-order valence-electron chi connectivity index (χ1n) is 6.48. The molecule has 1 atom stereocenters. The van der Waals surface area contributed by atoms with Crippen molar-refractivity contribution in [3.8, 4) is 0 Å². The zero-order chi connectivity index (χ0) is 14.5. The summed E-state index contributed by atoms with van der Waals surface area (Å²) in [6.45, 7) is 3.23. The van der Waals surface area contributed by atoms with Crippen LogP contribution < -0.4 is 10.9 Å². The van der Waals surface area contributed by atoms with E-state index in [1.807, 2.05) is 6.92 Å². The second-order valence-corrected chi connectivity index (χ2v) is 4.43. The van der Waals surface area contributed by atoms with Crippen LogP contribution in [0.15, 0.2) is 23.1 Å². The van der Waals surface area contributed by atoms with Crippen molar-refractivity contribution in [2.75, 3.05) is 26.3 Å². The largest absolute Gasteiger partial charge is 0.377 e. The topological polar surface area (TPSA) is 91.5 Å². The molecule has 0 aromatic carbocycles. The molecule has 1 aromatic heterocycles. The van der Waals surface area contributed by atoms with E-state index in [0.29, 0.717) is 25.3 Å². The molecule has 7 heteroatoms. The third-order valence-corrected chi connectivity index (χ3v) is 3.07. The zero-order valence-corrected chi connectivity index (χ0v) is 11.2. The molecule has 108 valence electrons. The number of hydrogen-bond acceptors (Lipinski definition) is 4. The number of H-pyrrole nitrogens is 1. The van der Waals surface area contributed by atoms with Gasteiger partial charge in [0.2, 0.25) is 11.5 Å². The summed E-state index contributed by atoms with van der Waals surface area (Å²) in [6.07, 6.45) is 1.36. The average Bonchev–Trinajstić information content (AvgIpc) is 2.47. The third-order valence-electron chi connectivity index (χ3n) is 3.07. The molecule has 2 amide bonds. The Morgan fingerprint density at radius 1 is 1.50 bits per heavy atom. The SMILES string of the molecule is CCNC(=O)C1COCCN1C(=O)c1ccc(=O)[nH]c1. The third kappa shape index (κ3) is 3.05. The van der Waals surface area contributed by atoms with Gasteiger partial charge in [-0.1, -0.05) is 0 Å². The molecule has 7 nitrogen and oxygen atoms in total. The highest BCUT2D eigenvalue weighted by Crippen LogP contribution is 2.12. The van der Waals surface area contributed by atoms with Gasteiger partial charge in [0.1, 0.15) is 6.04 Å². The molecule has 1 saturated heterocycles. The number of carbonyl (C=O) groups excluding carboxylic acids is 2. The van der Waals surface area contributed by atoms with Crippen LogP contribution in [0.25, 0.3) is 0 Å². The molecule has 2 rings (SSSR count). The van der Waals surface area contributed by atoms with Crippen molar-refractivity contribution < 1.29 is 14.3 Å². The predicted molar refractivity (Wildman–Crippen MR) is 71.4 cm³/mol. The van der Waals surface area contributed by atoms with Gasteiger partial charge in [-0.15, -0.1) is 0 Å². The summed E-state index contributed by atoms with van der Waals surface area (Å²) in [5.74, 6) is -0.522. The highest BCUT2D eigenvalue weighted by Gasteiger charge is 2.33. The Balaban J connectivity index is 2.18. The predicted octanol–water partition coefficient (Wildman–Crippen LogP) is -0.648. The van der Waals surface area contributed by atoms with E-state index in [2.05, 4.69) is 10.3 Å². The summed E-state index contributed by atoms with van der Waals surface area (Å²) >= 11 is 0. The van der Waals surface area contributed by atoms with E-state index in [4.69, 9.17) is 4.74 Å². The summed E-state index contributed by atoms with van der Waals surface area (Å²) in [5.41, 5.74) is 0.0737. The molecule has 0 spiro atoms. The van der Waals surface area contributed by atoms with Gasteiger partial charge in [0.15, 0.2) is 0 Å². The van der Waals surface area contributed by atoms with Gasteiger partial charge in [0, 0.05) is 25.4 Å². The molecule has 1 aliphatic heterocycles. The Morgan fingerprint density at radius 3 is 2.95 bits per heavy atom. The molecule has 1 aromatic rings. The Kier molecular flexibility index (Phi) is 4.52. The smallest absolute Gasteiger partial charge is 0.256 e. The van der Waals surface area contributed by atoms with Gasteiger partial charge in [0.25, 0.3) is 5.91 Å². The minimum atomic E-state index is -0.636. The number of carbonyl (C=O) groups is 2. The standard InChI is InChI=1S/C13H17N3O4/c1-2-14-12(18)10-8-20-6-5-16(10)13(19)9-3-4-11(17)15-7-9/h3-4,7,10H,2,5-6,8H2,1H3,(H,14,18)(H,15,17). The molecular weight excluding hydrogens is 262 g/mol. The number of pyridine rings is 1. The van der Waals surface area contributed by atoms with Gasteiger partial charge in [-0.25, -0.2) is 0 Å². The van der Waals surface area contributed by atoms with Crippen molar-refractivity contribution in [2.24, 2.45) is 0 Å². The highest BCUT2D eigenvalue weighted by atomic mass is 16.5. The fourth-order valence-electron chi connectivity index (χ4n) is 2.07. The number of ether oxygens (including phenoxy) is 1. The summed E-state index contributed by atoms with van der Waals surface area (Å²) in [4.78, 5) is 39.3. The van der Waals surface area contributed by atoms with Crippen LogP contribution in [-0.2, 0) is 9.53 Å². The van der Waals surface area contributed by atoms with E-state index >= 15 is 0 Å². The molecule has 1 aliphatic rings. The maximum atomic E-state index is 12.4. The number of amides is 2. The number of nitrogens with one attached hydrogen (secondary N) is 2. The Bertz CT molecular complexity index is 534. The Labute approximate surface area is 115 Å². The van der Waals surface area contributed by atoms with E-state index in [-0.39, 0.29) is 24.0 Å². The molecule has 20 heavy (non-hydrogen) atoms. The molecule has 0 bridgehead atoms. The highest BCUT2D eigenvalue weighted by molar-refractivity contribution is 5.97. The van der Waals surface area contributed by atoms with Crippen molar-refractivity contribution in [2.45, 2.75) is 13.0 Å². The van der Waals surface area contributed by atoms with Crippen LogP contribution in [-0.4, -0.2) is 54.0 Å². The van der Waals surface area contributed by atoms with Gasteiger partial charge >= 0.3 is 0 Å². The van der Waals surface area contributed by atoms with Crippen molar-refractivity contribution in [3.05, 3.63) is 34.2 Å². The lowest BCUT2D eigenvalue weighted by molar-refractivity contribution is -0.130. The zero-order valence-electron chi connectivity index (χ0n) is 11.2. The Morgan fingerprint density at radius 2 is 2.30 bits per heavy atom. The van der Waals surface area contributed by atoms with Crippen LogP contribution >= 0.6 is 0 Å². The van der Waals surface area contributed by atoms with Crippen molar-refractivity contribution >= 4 is 11.8 Å². The van der Waals surface area contributed by atoms with Crippen LogP contribution in [0.4, 0.5) is 0 Å². The number of aromatic amines is 1. The molecule has 2 heterocycles. The number of aromatic nitrogens is 1. The van der Waals surface area contributed by atoms with Gasteiger partial charge in [-0.2, -0.15) is 0 Å². The summed E-state index contributed by atoms with van der Waals surface area (Å²) < 4.78 is 5.27.